The van der Waals surface area contributed by atoms with E-state index in [-0.39, 0.29) is 0 Å². The second kappa shape index (κ2) is 7.65. The first-order valence-electron chi connectivity index (χ1n) is 7.39. The topological polar surface area (TPSA) is 20.5 Å². The predicted octanol–water partition coefficient (Wildman–Crippen LogP) is 4.19. The molecule has 2 heterocycles. The predicted molar refractivity (Wildman–Crippen MR) is 82.8 cm³/mol. The molecule has 0 unspecified atom stereocenters. The molecule has 3 nitrogen and oxygen atoms in total. The van der Waals surface area contributed by atoms with Crippen LogP contribution < -0.4 is 0 Å². The van der Waals surface area contributed by atoms with Gasteiger partial charge in [0.25, 0.3) is 0 Å². The lowest BCUT2D eigenvalue weighted by Gasteiger charge is -2.15. The number of hydrogen-bond acceptors (Lipinski definition) is 3. The largest absolute Gasteiger partial charge is 0.301 e. The van der Waals surface area contributed by atoms with Crippen LogP contribution in [-0.4, -0.2) is 27.9 Å². The smallest absolute Gasteiger partial charge is 0.193 e. The van der Waals surface area contributed by atoms with Gasteiger partial charge in [0.2, 0.25) is 0 Å². The highest BCUT2D eigenvalue weighted by molar-refractivity contribution is 7.15. The summed E-state index contributed by atoms with van der Waals surface area (Å²) in [7, 11) is 2.21. The van der Waals surface area contributed by atoms with Crippen LogP contribution in [0.15, 0.2) is 17.8 Å². The average molecular weight is 279 g/mol. The Hall–Kier alpha value is -0.870. The van der Waals surface area contributed by atoms with E-state index in [0.717, 1.165) is 11.5 Å². The van der Waals surface area contributed by atoms with Crippen molar-refractivity contribution < 1.29 is 0 Å². The van der Waals surface area contributed by atoms with Crippen LogP contribution in [0.3, 0.4) is 0 Å². The van der Waals surface area contributed by atoms with Crippen molar-refractivity contribution in [2.45, 2.75) is 52.0 Å². The molecule has 0 radical (unpaired) electrons. The molecule has 0 saturated heterocycles. The summed E-state index contributed by atoms with van der Waals surface area (Å²) in [6.45, 7) is 4.45. The summed E-state index contributed by atoms with van der Waals surface area (Å²) in [5.74, 6) is 0. The van der Waals surface area contributed by atoms with Gasteiger partial charge in [0.15, 0.2) is 4.96 Å². The molecule has 0 spiro atoms. The van der Waals surface area contributed by atoms with Crippen molar-refractivity contribution >= 4 is 16.3 Å². The third-order valence-electron chi connectivity index (χ3n) is 3.55. The molecule has 19 heavy (non-hydrogen) atoms. The Kier molecular flexibility index (Phi) is 5.86. The van der Waals surface area contributed by atoms with Crippen molar-refractivity contribution in [2.24, 2.45) is 0 Å². The van der Waals surface area contributed by atoms with Gasteiger partial charge in [-0.15, -0.1) is 11.3 Å². The molecule has 2 aromatic rings. The number of thiazole rings is 1. The molecule has 0 fully saturated rings. The fourth-order valence-corrected chi connectivity index (χ4v) is 3.12. The van der Waals surface area contributed by atoms with Gasteiger partial charge in [0.05, 0.1) is 11.9 Å². The summed E-state index contributed by atoms with van der Waals surface area (Å²) in [5, 5.41) is 2.10. The molecule has 0 amide bonds. The Morgan fingerprint density at radius 3 is 2.84 bits per heavy atom. The van der Waals surface area contributed by atoms with Gasteiger partial charge < -0.3 is 4.90 Å². The van der Waals surface area contributed by atoms with Gasteiger partial charge in [-0.1, -0.05) is 39.0 Å². The van der Waals surface area contributed by atoms with E-state index >= 15 is 0 Å². The standard InChI is InChI=1S/C15H25N3S/c1-3-4-5-6-7-8-9-17(2)13-14-12-16-15-18(14)10-11-19-15/h10-12H,3-9,13H2,1-2H3. The number of aromatic nitrogens is 2. The van der Waals surface area contributed by atoms with Crippen LogP contribution in [-0.2, 0) is 6.54 Å². The number of imidazole rings is 1. The molecule has 0 atom stereocenters. The van der Waals surface area contributed by atoms with Crippen molar-refractivity contribution in [1.29, 1.82) is 0 Å². The zero-order valence-corrected chi connectivity index (χ0v) is 13.0. The van der Waals surface area contributed by atoms with E-state index in [1.54, 1.807) is 11.3 Å². The van der Waals surface area contributed by atoms with Gasteiger partial charge in [0, 0.05) is 18.1 Å². The van der Waals surface area contributed by atoms with Crippen LogP contribution in [0.1, 0.15) is 51.1 Å². The van der Waals surface area contributed by atoms with Crippen LogP contribution >= 0.6 is 11.3 Å². The molecular formula is C15H25N3S. The van der Waals surface area contributed by atoms with Crippen LogP contribution in [0, 0.1) is 0 Å². The highest BCUT2D eigenvalue weighted by atomic mass is 32.1. The Balaban J connectivity index is 1.67. The zero-order valence-electron chi connectivity index (χ0n) is 12.1. The minimum absolute atomic E-state index is 0.993. The van der Waals surface area contributed by atoms with Crippen molar-refractivity contribution in [1.82, 2.24) is 14.3 Å². The number of fused-ring (bicyclic) bond motifs is 1. The maximum absolute atomic E-state index is 4.42. The van der Waals surface area contributed by atoms with Crippen LogP contribution in [0.4, 0.5) is 0 Å². The summed E-state index contributed by atoms with van der Waals surface area (Å²) in [6, 6.07) is 0. The van der Waals surface area contributed by atoms with E-state index in [2.05, 4.69) is 39.8 Å². The molecule has 0 aliphatic rings. The van der Waals surface area contributed by atoms with E-state index < -0.39 is 0 Å². The molecular weight excluding hydrogens is 254 g/mol. The monoisotopic (exact) mass is 279 g/mol. The fraction of sp³-hybridized carbons (Fsp3) is 0.667. The number of rotatable bonds is 9. The van der Waals surface area contributed by atoms with Gasteiger partial charge in [0.1, 0.15) is 0 Å². The Morgan fingerprint density at radius 2 is 2.00 bits per heavy atom. The van der Waals surface area contributed by atoms with Crippen LogP contribution in [0.5, 0.6) is 0 Å². The molecule has 0 N–H and O–H groups in total. The van der Waals surface area contributed by atoms with Crippen molar-refractivity contribution in [2.75, 3.05) is 13.6 Å². The minimum atomic E-state index is 0.993. The summed E-state index contributed by atoms with van der Waals surface area (Å²) in [6.07, 6.45) is 12.3. The molecule has 0 aromatic carbocycles. The van der Waals surface area contributed by atoms with Gasteiger partial charge in [-0.2, -0.15) is 0 Å². The lowest BCUT2D eigenvalue weighted by atomic mass is 10.1. The maximum Gasteiger partial charge on any atom is 0.193 e. The molecule has 0 aliphatic heterocycles. The molecule has 2 aromatic heterocycles. The Bertz CT molecular complexity index is 474. The molecule has 106 valence electrons. The summed E-state index contributed by atoms with van der Waals surface area (Å²) < 4.78 is 2.20. The van der Waals surface area contributed by atoms with Gasteiger partial charge in [-0.3, -0.25) is 4.40 Å². The molecule has 0 bridgehead atoms. The maximum atomic E-state index is 4.42. The summed E-state index contributed by atoms with van der Waals surface area (Å²) in [4.78, 5) is 7.92. The zero-order chi connectivity index (χ0) is 13.5. The molecule has 0 saturated carbocycles. The normalized spacial score (nSPS) is 11.7. The second-order valence-corrected chi connectivity index (χ2v) is 6.18. The van der Waals surface area contributed by atoms with E-state index in [0.29, 0.717) is 0 Å². The van der Waals surface area contributed by atoms with E-state index in [1.807, 2.05) is 6.20 Å². The first-order valence-corrected chi connectivity index (χ1v) is 8.27. The van der Waals surface area contributed by atoms with Gasteiger partial charge in [-0.25, -0.2) is 4.98 Å². The number of hydrogen-bond donors (Lipinski definition) is 0. The lowest BCUT2D eigenvalue weighted by molar-refractivity contribution is 0.312. The SMILES string of the molecule is CCCCCCCCN(C)Cc1cnc2sccn12. The lowest BCUT2D eigenvalue weighted by Crippen LogP contribution is -2.19. The number of unbranched alkanes of at least 4 members (excludes halogenated alkanes) is 5. The van der Waals surface area contributed by atoms with Crippen LogP contribution in [0.25, 0.3) is 4.96 Å². The molecule has 4 heteroatoms. The third-order valence-corrected chi connectivity index (χ3v) is 4.32. The first kappa shape index (κ1) is 14.5. The highest BCUT2D eigenvalue weighted by Crippen LogP contribution is 2.14. The van der Waals surface area contributed by atoms with Gasteiger partial charge in [-0.05, 0) is 20.0 Å². The summed E-state index contributed by atoms with van der Waals surface area (Å²) >= 11 is 1.70. The molecule has 0 aliphatic carbocycles. The number of nitrogens with zero attached hydrogens (tertiary/aromatic N) is 3. The second-order valence-electron chi connectivity index (χ2n) is 5.31. The van der Waals surface area contributed by atoms with E-state index in [1.165, 1.54) is 50.8 Å². The Labute approximate surface area is 120 Å². The quantitative estimate of drug-likeness (QED) is 0.642. The average Bonchev–Trinajstić information content (AvgIpc) is 2.99. The third kappa shape index (κ3) is 4.32. The van der Waals surface area contributed by atoms with E-state index in [9.17, 15) is 0 Å². The highest BCUT2D eigenvalue weighted by Gasteiger charge is 2.06. The first-order chi connectivity index (χ1) is 9.31. The van der Waals surface area contributed by atoms with E-state index in [4.69, 9.17) is 0 Å². The van der Waals surface area contributed by atoms with Crippen LogP contribution in [0.2, 0.25) is 0 Å². The van der Waals surface area contributed by atoms with Crippen molar-refractivity contribution in [3.05, 3.63) is 23.5 Å². The fourth-order valence-electron chi connectivity index (χ4n) is 2.41. The van der Waals surface area contributed by atoms with Gasteiger partial charge >= 0.3 is 0 Å². The summed E-state index contributed by atoms with van der Waals surface area (Å²) in [5.41, 5.74) is 1.30. The van der Waals surface area contributed by atoms with Crippen molar-refractivity contribution in [3.63, 3.8) is 0 Å². The minimum Gasteiger partial charge on any atom is -0.301 e. The van der Waals surface area contributed by atoms with Crippen molar-refractivity contribution in [3.8, 4) is 0 Å². The molecule has 2 rings (SSSR count). The Morgan fingerprint density at radius 1 is 1.21 bits per heavy atom.